The molecule has 362 valence electrons. The number of ether oxygens (including phenoxy) is 1. The minimum absolute atomic E-state index is 0.00390. The summed E-state index contributed by atoms with van der Waals surface area (Å²) < 4.78 is 5.47. The van der Waals surface area contributed by atoms with Gasteiger partial charge in [0.15, 0.2) is 0 Å². The van der Waals surface area contributed by atoms with Gasteiger partial charge in [-0.05, 0) is 51.4 Å². The molecule has 0 rings (SSSR count). The van der Waals surface area contributed by atoms with Crippen LogP contribution in [0.3, 0.4) is 0 Å². The van der Waals surface area contributed by atoms with Gasteiger partial charge in [0, 0.05) is 12.8 Å². The molecule has 0 spiro atoms. The van der Waals surface area contributed by atoms with Crippen LogP contribution in [0.4, 0.5) is 0 Å². The monoisotopic (exact) mass is 862 g/mol. The topological polar surface area (TPSA) is 95.9 Å². The van der Waals surface area contributed by atoms with Crippen LogP contribution in [0.1, 0.15) is 303 Å². The zero-order valence-corrected chi connectivity index (χ0v) is 41.2. The maximum absolute atomic E-state index is 12.4. The first kappa shape index (κ1) is 59.6. The Morgan fingerprint density at radius 3 is 1.16 bits per heavy atom. The first-order valence-electron chi connectivity index (χ1n) is 27.4. The van der Waals surface area contributed by atoms with E-state index in [1.165, 1.54) is 225 Å². The van der Waals surface area contributed by atoms with Crippen LogP contribution in [0.5, 0.6) is 0 Å². The van der Waals surface area contributed by atoms with Crippen LogP contribution < -0.4 is 5.32 Å². The van der Waals surface area contributed by atoms with Crippen LogP contribution in [0.25, 0.3) is 0 Å². The van der Waals surface area contributed by atoms with Crippen molar-refractivity contribution in [2.75, 3.05) is 13.2 Å². The van der Waals surface area contributed by atoms with Crippen LogP contribution in [-0.4, -0.2) is 47.4 Å². The number of hydrogen-bond donors (Lipinski definition) is 3. The molecular formula is C55H107NO5. The lowest BCUT2D eigenvalue weighted by Crippen LogP contribution is -2.45. The fraction of sp³-hybridized carbons (Fsp3) is 0.927. The van der Waals surface area contributed by atoms with Gasteiger partial charge in [-0.1, -0.05) is 251 Å². The Morgan fingerprint density at radius 2 is 0.770 bits per heavy atom. The standard InChI is InChI=1S/C55H107NO5/c1-3-5-7-9-11-13-15-17-18-22-25-29-33-37-41-45-49-55(60)61-50-46-42-38-34-30-26-23-20-19-21-24-28-32-36-40-44-48-54(59)56-52(51-57)53(58)47-43-39-35-31-27-16-14-12-10-8-6-4-2/h18,22,52-53,57-58H,3-17,19-21,23-51H2,1-2H3,(H,56,59)/b22-18-. The van der Waals surface area contributed by atoms with Crippen molar-refractivity contribution in [3.63, 3.8) is 0 Å². The van der Waals surface area contributed by atoms with Crippen LogP contribution in [-0.2, 0) is 14.3 Å². The summed E-state index contributed by atoms with van der Waals surface area (Å²) >= 11 is 0. The van der Waals surface area contributed by atoms with Crippen molar-refractivity contribution in [2.45, 2.75) is 315 Å². The predicted molar refractivity (Wildman–Crippen MR) is 264 cm³/mol. The molecule has 2 unspecified atom stereocenters. The van der Waals surface area contributed by atoms with Gasteiger partial charge in [-0.3, -0.25) is 9.59 Å². The molecule has 6 nitrogen and oxygen atoms in total. The highest BCUT2D eigenvalue weighted by atomic mass is 16.5. The summed E-state index contributed by atoms with van der Waals surface area (Å²) in [6.45, 7) is 4.94. The Balaban J connectivity index is 3.40. The van der Waals surface area contributed by atoms with Crippen molar-refractivity contribution >= 4 is 11.9 Å². The minimum atomic E-state index is -0.667. The van der Waals surface area contributed by atoms with Crippen molar-refractivity contribution in [2.24, 2.45) is 0 Å². The molecule has 0 aliphatic heterocycles. The third-order valence-corrected chi connectivity index (χ3v) is 12.8. The van der Waals surface area contributed by atoms with E-state index in [2.05, 4.69) is 31.3 Å². The summed E-state index contributed by atoms with van der Waals surface area (Å²) in [5.41, 5.74) is 0. The fourth-order valence-electron chi connectivity index (χ4n) is 8.58. The Hall–Kier alpha value is -1.40. The Labute approximate surface area is 380 Å². The molecule has 0 aromatic heterocycles. The number of aliphatic hydroxyl groups is 2. The molecule has 1 amide bonds. The number of allylic oxidation sites excluding steroid dienone is 2. The number of esters is 1. The second-order valence-electron chi connectivity index (χ2n) is 18.9. The average molecular weight is 862 g/mol. The van der Waals surface area contributed by atoms with Gasteiger partial charge >= 0.3 is 5.97 Å². The molecule has 0 aliphatic carbocycles. The molecule has 0 aromatic carbocycles. The number of unbranched alkanes of at least 4 members (excludes halogenated alkanes) is 38. The van der Waals surface area contributed by atoms with Crippen LogP contribution in [0.15, 0.2) is 12.2 Å². The van der Waals surface area contributed by atoms with E-state index in [-0.39, 0.29) is 18.5 Å². The van der Waals surface area contributed by atoms with Crippen molar-refractivity contribution in [3.05, 3.63) is 12.2 Å². The van der Waals surface area contributed by atoms with Gasteiger partial charge in [0.25, 0.3) is 0 Å². The van der Waals surface area contributed by atoms with Crippen LogP contribution in [0.2, 0.25) is 0 Å². The van der Waals surface area contributed by atoms with Gasteiger partial charge in [0.1, 0.15) is 0 Å². The molecular weight excluding hydrogens is 755 g/mol. The van der Waals surface area contributed by atoms with E-state index < -0.39 is 12.1 Å². The van der Waals surface area contributed by atoms with Gasteiger partial charge in [-0.25, -0.2) is 0 Å². The number of hydrogen-bond acceptors (Lipinski definition) is 5. The lowest BCUT2D eigenvalue weighted by Gasteiger charge is -2.22. The highest BCUT2D eigenvalue weighted by Crippen LogP contribution is 2.17. The van der Waals surface area contributed by atoms with E-state index in [9.17, 15) is 19.8 Å². The van der Waals surface area contributed by atoms with E-state index >= 15 is 0 Å². The molecule has 2 atom stereocenters. The minimum Gasteiger partial charge on any atom is -0.466 e. The largest absolute Gasteiger partial charge is 0.466 e. The van der Waals surface area contributed by atoms with E-state index in [1.54, 1.807) is 0 Å². The molecule has 0 heterocycles. The third kappa shape index (κ3) is 47.9. The number of carbonyl (C=O) groups excluding carboxylic acids is 2. The van der Waals surface area contributed by atoms with E-state index in [0.717, 1.165) is 44.9 Å². The van der Waals surface area contributed by atoms with Crippen molar-refractivity contribution in [1.82, 2.24) is 5.32 Å². The summed E-state index contributed by atoms with van der Waals surface area (Å²) in [6, 6.07) is -0.545. The zero-order valence-electron chi connectivity index (χ0n) is 41.2. The lowest BCUT2D eigenvalue weighted by atomic mass is 10.0. The normalized spacial score (nSPS) is 12.7. The summed E-state index contributed by atoms with van der Waals surface area (Å²) in [5, 5.41) is 23.2. The number of aliphatic hydroxyl groups excluding tert-OH is 2. The molecule has 0 radical (unpaired) electrons. The number of carbonyl (C=O) groups is 2. The molecule has 0 saturated heterocycles. The molecule has 0 fully saturated rings. The van der Waals surface area contributed by atoms with Crippen LogP contribution >= 0.6 is 0 Å². The molecule has 61 heavy (non-hydrogen) atoms. The summed E-state index contributed by atoms with van der Waals surface area (Å²) in [6.07, 6.45) is 59.0. The van der Waals surface area contributed by atoms with Crippen molar-refractivity contribution in [3.8, 4) is 0 Å². The average Bonchev–Trinajstić information content (AvgIpc) is 3.26. The number of nitrogens with one attached hydrogen (secondary N) is 1. The smallest absolute Gasteiger partial charge is 0.305 e. The highest BCUT2D eigenvalue weighted by molar-refractivity contribution is 5.76. The maximum Gasteiger partial charge on any atom is 0.305 e. The van der Waals surface area contributed by atoms with Gasteiger partial charge in [-0.2, -0.15) is 0 Å². The maximum atomic E-state index is 12.4. The SMILES string of the molecule is CCCCCCCCC/C=C\CCCCCCCC(=O)OCCCCCCCCCCCCCCCCCCC(=O)NC(CO)C(O)CCCCCCCCCCCCCC. The van der Waals surface area contributed by atoms with Gasteiger partial charge < -0.3 is 20.3 Å². The first-order valence-corrected chi connectivity index (χ1v) is 27.4. The second kappa shape index (κ2) is 51.2. The van der Waals surface area contributed by atoms with Gasteiger partial charge in [0.2, 0.25) is 5.91 Å². The van der Waals surface area contributed by atoms with Gasteiger partial charge in [-0.15, -0.1) is 0 Å². The van der Waals surface area contributed by atoms with Crippen molar-refractivity contribution < 1.29 is 24.5 Å². The van der Waals surface area contributed by atoms with Gasteiger partial charge in [0.05, 0.1) is 25.4 Å². The molecule has 0 aromatic rings. The Morgan fingerprint density at radius 1 is 0.443 bits per heavy atom. The molecule has 0 saturated carbocycles. The summed E-state index contributed by atoms with van der Waals surface area (Å²) in [7, 11) is 0. The quantitative estimate of drug-likeness (QED) is 0.0322. The third-order valence-electron chi connectivity index (χ3n) is 12.8. The summed E-state index contributed by atoms with van der Waals surface area (Å²) in [5.74, 6) is -0.0456. The van der Waals surface area contributed by atoms with Crippen molar-refractivity contribution in [1.29, 1.82) is 0 Å². The first-order chi connectivity index (χ1) is 30.0. The molecule has 0 bridgehead atoms. The second-order valence-corrected chi connectivity index (χ2v) is 18.9. The number of amides is 1. The zero-order chi connectivity index (χ0) is 44.4. The van der Waals surface area contributed by atoms with E-state index in [1.807, 2.05) is 0 Å². The van der Waals surface area contributed by atoms with E-state index in [0.29, 0.717) is 25.9 Å². The number of rotatable bonds is 51. The van der Waals surface area contributed by atoms with E-state index in [4.69, 9.17) is 4.74 Å². The summed E-state index contributed by atoms with van der Waals surface area (Å²) in [4.78, 5) is 24.5. The van der Waals surface area contributed by atoms with Crippen LogP contribution in [0, 0.1) is 0 Å². The Bertz CT molecular complexity index is 909. The lowest BCUT2D eigenvalue weighted by molar-refractivity contribution is -0.143. The fourth-order valence-corrected chi connectivity index (χ4v) is 8.58. The molecule has 6 heteroatoms. The highest BCUT2D eigenvalue weighted by Gasteiger charge is 2.20. The Kier molecular flexibility index (Phi) is 50.1. The predicted octanol–water partition coefficient (Wildman–Crippen LogP) is 16.5. The molecule has 3 N–H and O–H groups in total. The molecule has 0 aliphatic rings.